The molecule has 2 amide bonds. The van der Waals surface area contributed by atoms with Gasteiger partial charge >= 0.3 is 6.03 Å². The lowest BCUT2D eigenvalue weighted by Gasteiger charge is -2.17. The van der Waals surface area contributed by atoms with Gasteiger partial charge in [0.05, 0.1) is 0 Å². The van der Waals surface area contributed by atoms with Gasteiger partial charge in [0.1, 0.15) is 0 Å². The summed E-state index contributed by atoms with van der Waals surface area (Å²) in [4.78, 5) is 13.5. The summed E-state index contributed by atoms with van der Waals surface area (Å²) in [6.07, 6.45) is 5.94. The third kappa shape index (κ3) is 3.09. The molecule has 2 N–H and O–H groups in total. The van der Waals surface area contributed by atoms with E-state index in [1.54, 1.807) is 0 Å². The van der Waals surface area contributed by atoms with Crippen molar-refractivity contribution in [2.45, 2.75) is 38.1 Å². The number of carbonyl (C=O) groups excluding carboxylic acids is 1. The van der Waals surface area contributed by atoms with Gasteiger partial charge in [0, 0.05) is 25.7 Å². The van der Waals surface area contributed by atoms with Crippen LogP contribution >= 0.6 is 0 Å². The standard InChI is InChI=1S/C11H21N3O/c15-11(14-8-1-2-9-14)13-7-5-10-4-3-6-12-10/h10,12H,1-9H2,(H,13,15). The number of hydrogen-bond donors (Lipinski definition) is 2. The first-order chi connectivity index (χ1) is 7.36. The molecule has 0 aromatic heterocycles. The van der Waals surface area contributed by atoms with Crippen LogP contribution in [0.2, 0.25) is 0 Å². The zero-order valence-corrected chi connectivity index (χ0v) is 9.30. The lowest BCUT2D eigenvalue weighted by molar-refractivity contribution is 0.208. The summed E-state index contributed by atoms with van der Waals surface area (Å²) in [5, 5.41) is 6.43. The molecule has 0 radical (unpaired) electrons. The molecule has 0 bridgehead atoms. The highest BCUT2D eigenvalue weighted by Gasteiger charge is 2.18. The molecule has 4 heteroatoms. The van der Waals surface area contributed by atoms with Crippen LogP contribution in [0.3, 0.4) is 0 Å². The molecular formula is C11H21N3O. The van der Waals surface area contributed by atoms with Crippen LogP contribution in [0.1, 0.15) is 32.1 Å². The minimum Gasteiger partial charge on any atom is -0.338 e. The molecule has 15 heavy (non-hydrogen) atoms. The molecule has 2 fully saturated rings. The Bertz CT molecular complexity index is 208. The van der Waals surface area contributed by atoms with E-state index in [0.717, 1.165) is 45.4 Å². The molecule has 2 aliphatic rings. The van der Waals surface area contributed by atoms with Gasteiger partial charge in [-0.3, -0.25) is 0 Å². The highest BCUT2D eigenvalue weighted by atomic mass is 16.2. The topological polar surface area (TPSA) is 44.4 Å². The van der Waals surface area contributed by atoms with Crippen LogP contribution in [0.4, 0.5) is 4.79 Å². The zero-order chi connectivity index (χ0) is 10.5. The van der Waals surface area contributed by atoms with Crippen LogP contribution < -0.4 is 10.6 Å². The van der Waals surface area contributed by atoms with Gasteiger partial charge in [-0.05, 0) is 38.6 Å². The average Bonchev–Trinajstić information content (AvgIpc) is 2.90. The monoisotopic (exact) mass is 211 g/mol. The summed E-state index contributed by atoms with van der Waals surface area (Å²) in [5.74, 6) is 0. The molecule has 0 aliphatic carbocycles. The number of hydrogen-bond acceptors (Lipinski definition) is 2. The summed E-state index contributed by atoms with van der Waals surface area (Å²) >= 11 is 0. The number of nitrogens with one attached hydrogen (secondary N) is 2. The Morgan fingerprint density at radius 3 is 2.80 bits per heavy atom. The Kier molecular flexibility index (Phi) is 3.83. The maximum absolute atomic E-state index is 11.6. The van der Waals surface area contributed by atoms with Gasteiger partial charge < -0.3 is 15.5 Å². The molecule has 0 saturated carbocycles. The van der Waals surface area contributed by atoms with E-state index in [-0.39, 0.29) is 6.03 Å². The van der Waals surface area contributed by atoms with Crippen molar-refractivity contribution in [1.29, 1.82) is 0 Å². The fourth-order valence-electron chi connectivity index (χ4n) is 2.39. The Hall–Kier alpha value is -0.770. The predicted molar refractivity (Wildman–Crippen MR) is 59.8 cm³/mol. The van der Waals surface area contributed by atoms with Gasteiger partial charge in [0.2, 0.25) is 0 Å². The van der Waals surface area contributed by atoms with Gasteiger partial charge in [-0.1, -0.05) is 0 Å². The lowest BCUT2D eigenvalue weighted by atomic mass is 10.1. The number of carbonyl (C=O) groups is 1. The predicted octanol–water partition coefficient (Wildman–Crippen LogP) is 0.934. The van der Waals surface area contributed by atoms with Crippen molar-refractivity contribution in [3.05, 3.63) is 0 Å². The van der Waals surface area contributed by atoms with Crippen molar-refractivity contribution >= 4 is 6.03 Å². The number of nitrogens with zero attached hydrogens (tertiary/aromatic N) is 1. The molecule has 2 rings (SSSR count). The third-order valence-corrected chi connectivity index (χ3v) is 3.32. The first-order valence-electron chi connectivity index (χ1n) is 6.12. The average molecular weight is 211 g/mol. The van der Waals surface area contributed by atoms with E-state index in [0.29, 0.717) is 6.04 Å². The van der Waals surface area contributed by atoms with Crippen molar-refractivity contribution in [1.82, 2.24) is 15.5 Å². The quantitative estimate of drug-likeness (QED) is 0.729. The van der Waals surface area contributed by atoms with Crippen molar-refractivity contribution in [2.75, 3.05) is 26.2 Å². The van der Waals surface area contributed by atoms with E-state index in [1.807, 2.05) is 4.90 Å². The summed E-state index contributed by atoms with van der Waals surface area (Å²) < 4.78 is 0. The van der Waals surface area contributed by atoms with Crippen LogP contribution in [-0.2, 0) is 0 Å². The highest BCUT2D eigenvalue weighted by molar-refractivity contribution is 5.74. The van der Waals surface area contributed by atoms with Crippen LogP contribution in [0, 0.1) is 0 Å². The van der Waals surface area contributed by atoms with Crippen molar-refractivity contribution in [3.8, 4) is 0 Å². The largest absolute Gasteiger partial charge is 0.338 e. The third-order valence-electron chi connectivity index (χ3n) is 3.32. The maximum Gasteiger partial charge on any atom is 0.317 e. The fourth-order valence-corrected chi connectivity index (χ4v) is 2.39. The molecule has 0 aromatic carbocycles. The molecule has 4 nitrogen and oxygen atoms in total. The Morgan fingerprint density at radius 2 is 2.13 bits per heavy atom. The molecule has 2 saturated heterocycles. The maximum atomic E-state index is 11.6. The summed E-state index contributed by atoms with van der Waals surface area (Å²) in [7, 11) is 0. The molecule has 0 spiro atoms. The van der Waals surface area contributed by atoms with Crippen molar-refractivity contribution in [3.63, 3.8) is 0 Å². The second kappa shape index (κ2) is 5.35. The van der Waals surface area contributed by atoms with E-state index >= 15 is 0 Å². The van der Waals surface area contributed by atoms with Crippen molar-refractivity contribution in [2.24, 2.45) is 0 Å². The van der Waals surface area contributed by atoms with E-state index in [1.165, 1.54) is 12.8 Å². The summed E-state index contributed by atoms with van der Waals surface area (Å²) in [5.41, 5.74) is 0. The Balaban J connectivity index is 1.58. The van der Waals surface area contributed by atoms with E-state index < -0.39 is 0 Å². The summed E-state index contributed by atoms with van der Waals surface area (Å²) in [6, 6.07) is 0.759. The lowest BCUT2D eigenvalue weighted by Crippen LogP contribution is -2.39. The minimum atomic E-state index is 0.130. The number of rotatable bonds is 3. The van der Waals surface area contributed by atoms with Crippen LogP contribution in [0.25, 0.3) is 0 Å². The second-order valence-electron chi connectivity index (χ2n) is 4.51. The number of urea groups is 1. The van der Waals surface area contributed by atoms with Crippen LogP contribution in [0.5, 0.6) is 0 Å². The van der Waals surface area contributed by atoms with Gasteiger partial charge in [0.25, 0.3) is 0 Å². The molecule has 1 atom stereocenters. The van der Waals surface area contributed by atoms with E-state index in [2.05, 4.69) is 10.6 Å². The minimum absolute atomic E-state index is 0.130. The molecule has 0 aromatic rings. The Morgan fingerprint density at radius 1 is 1.33 bits per heavy atom. The Labute approximate surface area is 91.4 Å². The SMILES string of the molecule is O=C(NCCC1CCCN1)N1CCCC1. The number of likely N-dealkylation sites (tertiary alicyclic amines) is 1. The molecule has 2 aliphatic heterocycles. The molecule has 1 unspecified atom stereocenters. The van der Waals surface area contributed by atoms with E-state index in [4.69, 9.17) is 0 Å². The highest BCUT2D eigenvalue weighted by Crippen LogP contribution is 2.09. The normalized spacial score (nSPS) is 25.9. The fraction of sp³-hybridized carbons (Fsp3) is 0.909. The first kappa shape index (κ1) is 10.7. The smallest absolute Gasteiger partial charge is 0.317 e. The van der Waals surface area contributed by atoms with Crippen LogP contribution in [0.15, 0.2) is 0 Å². The summed E-state index contributed by atoms with van der Waals surface area (Å²) in [6.45, 7) is 3.83. The zero-order valence-electron chi connectivity index (χ0n) is 9.30. The first-order valence-corrected chi connectivity index (χ1v) is 6.12. The molecule has 86 valence electrons. The molecular weight excluding hydrogens is 190 g/mol. The van der Waals surface area contributed by atoms with Crippen molar-refractivity contribution < 1.29 is 4.79 Å². The van der Waals surface area contributed by atoms with Gasteiger partial charge in [-0.2, -0.15) is 0 Å². The second-order valence-corrected chi connectivity index (χ2v) is 4.51. The molecule has 2 heterocycles. The van der Waals surface area contributed by atoms with E-state index in [9.17, 15) is 4.79 Å². The van der Waals surface area contributed by atoms with Crippen LogP contribution in [-0.4, -0.2) is 43.2 Å². The van der Waals surface area contributed by atoms with Gasteiger partial charge in [-0.25, -0.2) is 4.79 Å². The van der Waals surface area contributed by atoms with Gasteiger partial charge in [0.15, 0.2) is 0 Å². The van der Waals surface area contributed by atoms with Gasteiger partial charge in [-0.15, -0.1) is 0 Å². The number of amides is 2.